The Morgan fingerprint density at radius 3 is 2.50 bits per heavy atom. The maximum absolute atomic E-state index is 12.3. The molecule has 2 aromatic heterocycles. The molecule has 0 fully saturated rings. The Bertz CT molecular complexity index is 1080. The van der Waals surface area contributed by atoms with Crippen LogP contribution in [-0.4, -0.2) is 25.7 Å². The van der Waals surface area contributed by atoms with Gasteiger partial charge in [-0.05, 0) is 42.5 Å². The van der Waals surface area contributed by atoms with Crippen LogP contribution < -0.4 is 10.1 Å². The lowest BCUT2D eigenvalue weighted by Gasteiger charge is -2.08. The summed E-state index contributed by atoms with van der Waals surface area (Å²) in [6.07, 6.45) is 5.08. The van der Waals surface area contributed by atoms with Gasteiger partial charge < -0.3 is 10.1 Å². The van der Waals surface area contributed by atoms with Crippen molar-refractivity contribution in [1.29, 1.82) is 0 Å². The van der Waals surface area contributed by atoms with E-state index in [1.54, 1.807) is 84.0 Å². The van der Waals surface area contributed by atoms with Crippen LogP contribution in [0.2, 0.25) is 5.02 Å². The molecule has 0 bridgehead atoms. The summed E-state index contributed by atoms with van der Waals surface area (Å²) in [6, 6.07) is 17.3. The minimum atomic E-state index is -0.278. The minimum absolute atomic E-state index is 0.278. The Balaban J connectivity index is 1.41. The molecule has 28 heavy (non-hydrogen) atoms. The predicted molar refractivity (Wildman–Crippen MR) is 105 cm³/mol. The quantitative estimate of drug-likeness (QED) is 0.546. The van der Waals surface area contributed by atoms with Crippen LogP contribution in [0.1, 0.15) is 10.4 Å². The number of nitrogens with one attached hydrogen (secondary N) is 1. The number of amides is 1. The van der Waals surface area contributed by atoms with Crippen molar-refractivity contribution < 1.29 is 9.53 Å². The summed E-state index contributed by atoms with van der Waals surface area (Å²) < 4.78 is 7.43. The zero-order valence-corrected chi connectivity index (χ0v) is 15.2. The van der Waals surface area contributed by atoms with Gasteiger partial charge in [-0.1, -0.05) is 23.7 Å². The molecule has 4 aromatic rings. The highest BCUT2D eigenvalue weighted by atomic mass is 35.5. The molecule has 0 aliphatic carbocycles. The third-order valence-electron chi connectivity index (χ3n) is 3.85. The van der Waals surface area contributed by atoms with E-state index in [1.165, 1.54) is 0 Å². The molecule has 2 heterocycles. The Morgan fingerprint density at radius 2 is 1.82 bits per heavy atom. The number of hydrogen-bond donors (Lipinski definition) is 1. The first kappa shape index (κ1) is 17.7. The van der Waals surface area contributed by atoms with E-state index in [9.17, 15) is 4.79 Å². The highest BCUT2D eigenvalue weighted by molar-refractivity contribution is 6.34. The van der Waals surface area contributed by atoms with Crippen molar-refractivity contribution in [2.24, 2.45) is 0 Å². The normalized spacial score (nSPS) is 10.5. The topological polar surface area (TPSA) is 81.9 Å². The summed E-state index contributed by atoms with van der Waals surface area (Å²) in [5.74, 6) is 1.29. The standard InChI is InChI=1S/C20H14ClN5O2/c21-17-4-2-1-3-16(17)20(27)23-14-5-7-15(8-6-14)28-19-10-9-18(24-25-19)26-12-11-22-13-26/h1-13H,(H,23,27). The molecule has 0 aliphatic rings. The number of hydrogen-bond acceptors (Lipinski definition) is 5. The molecule has 8 heteroatoms. The average molecular weight is 392 g/mol. The zero-order valence-electron chi connectivity index (χ0n) is 14.5. The number of halogens is 1. The lowest BCUT2D eigenvalue weighted by atomic mass is 10.2. The molecular weight excluding hydrogens is 378 g/mol. The first-order valence-electron chi connectivity index (χ1n) is 8.35. The maximum Gasteiger partial charge on any atom is 0.257 e. The third kappa shape index (κ3) is 3.99. The summed E-state index contributed by atoms with van der Waals surface area (Å²) in [6.45, 7) is 0. The van der Waals surface area contributed by atoms with Gasteiger partial charge in [0.15, 0.2) is 5.82 Å². The molecule has 0 atom stereocenters. The molecule has 1 N–H and O–H groups in total. The number of ether oxygens (including phenoxy) is 1. The van der Waals surface area contributed by atoms with Crippen LogP contribution in [0.5, 0.6) is 11.6 Å². The Labute approximate surface area is 165 Å². The highest BCUT2D eigenvalue weighted by Gasteiger charge is 2.10. The second-order valence-corrected chi connectivity index (χ2v) is 6.17. The van der Waals surface area contributed by atoms with Gasteiger partial charge in [-0.2, -0.15) is 0 Å². The average Bonchev–Trinajstić information content (AvgIpc) is 3.25. The van der Waals surface area contributed by atoms with Gasteiger partial charge in [0.2, 0.25) is 5.88 Å². The zero-order chi connectivity index (χ0) is 19.3. The number of carbonyl (C=O) groups is 1. The van der Waals surface area contributed by atoms with Crippen molar-refractivity contribution in [3.63, 3.8) is 0 Å². The Kier molecular flexibility index (Phi) is 4.99. The number of carbonyl (C=O) groups excluding carboxylic acids is 1. The van der Waals surface area contributed by atoms with E-state index >= 15 is 0 Å². The minimum Gasteiger partial charge on any atom is -0.438 e. The van der Waals surface area contributed by atoms with Crippen LogP contribution in [0.25, 0.3) is 5.82 Å². The van der Waals surface area contributed by atoms with E-state index < -0.39 is 0 Å². The lowest BCUT2D eigenvalue weighted by Crippen LogP contribution is -2.12. The van der Waals surface area contributed by atoms with Crippen LogP contribution in [0.4, 0.5) is 5.69 Å². The molecule has 0 radical (unpaired) electrons. The molecule has 4 rings (SSSR count). The van der Waals surface area contributed by atoms with E-state index in [-0.39, 0.29) is 5.91 Å². The SMILES string of the molecule is O=C(Nc1ccc(Oc2ccc(-n3ccnc3)nn2)cc1)c1ccccc1Cl. The fourth-order valence-electron chi connectivity index (χ4n) is 2.47. The van der Waals surface area contributed by atoms with Gasteiger partial charge in [0.1, 0.15) is 12.1 Å². The molecule has 0 saturated carbocycles. The van der Waals surface area contributed by atoms with Crippen molar-refractivity contribution in [3.05, 3.63) is 90.0 Å². The van der Waals surface area contributed by atoms with Gasteiger partial charge in [0.05, 0.1) is 10.6 Å². The van der Waals surface area contributed by atoms with Crippen LogP contribution in [0, 0.1) is 0 Å². The van der Waals surface area contributed by atoms with E-state index in [1.807, 2.05) is 0 Å². The summed E-state index contributed by atoms with van der Waals surface area (Å²) in [7, 11) is 0. The van der Waals surface area contributed by atoms with Gasteiger partial charge >= 0.3 is 0 Å². The third-order valence-corrected chi connectivity index (χ3v) is 4.18. The van der Waals surface area contributed by atoms with E-state index in [0.717, 1.165) is 0 Å². The largest absolute Gasteiger partial charge is 0.438 e. The maximum atomic E-state index is 12.3. The van der Waals surface area contributed by atoms with Gasteiger partial charge in [0.25, 0.3) is 5.91 Å². The second kappa shape index (κ2) is 7.89. The first-order valence-corrected chi connectivity index (χ1v) is 8.73. The summed E-state index contributed by atoms with van der Waals surface area (Å²) in [4.78, 5) is 16.3. The molecule has 138 valence electrons. The van der Waals surface area contributed by atoms with E-state index in [2.05, 4.69) is 20.5 Å². The molecule has 0 unspecified atom stereocenters. The fourth-order valence-corrected chi connectivity index (χ4v) is 2.69. The number of rotatable bonds is 5. The molecule has 0 spiro atoms. The summed E-state index contributed by atoms with van der Waals surface area (Å²) in [5, 5.41) is 11.3. The van der Waals surface area contributed by atoms with Crippen LogP contribution in [0.3, 0.4) is 0 Å². The molecule has 2 aromatic carbocycles. The number of imidazole rings is 1. The van der Waals surface area contributed by atoms with Gasteiger partial charge in [-0.3, -0.25) is 9.36 Å². The monoisotopic (exact) mass is 391 g/mol. The molecule has 0 aliphatic heterocycles. The second-order valence-electron chi connectivity index (χ2n) is 5.76. The van der Waals surface area contributed by atoms with Gasteiger partial charge in [-0.15, -0.1) is 10.2 Å². The van der Waals surface area contributed by atoms with Gasteiger partial charge in [-0.25, -0.2) is 4.98 Å². The van der Waals surface area contributed by atoms with Gasteiger partial charge in [0, 0.05) is 24.1 Å². The predicted octanol–water partition coefficient (Wildman–Crippen LogP) is 4.36. The van der Waals surface area contributed by atoms with Crippen LogP contribution in [0.15, 0.2) is 79.4 Å². The van der Waals surface area contributed by atoms with Crippen LogP contribution >= 0.6 is 11.6 Å². The number of nitrogens with zero attached hydrogens (tertiary/aromatic N) is 4. The Hall–Kier alpha value is -3.71. The van der Waals surface area contributed by atoms with Crippen molar-refractivity contribution in [1.82, 2.24) is 19.7 Å². The summed E-state index contributed by atoms with van der Waals surface area (Å²) in [5.41, 5.74) is 1.04. The summed E-state index contributed by atoms with van der Waals surface area (Å²) >= 11 is 6.05. The molecule has 7 nitrogen and oxygen atoms in total. The molecular formula is C20H14ClN5O2. The van der Waals surface area contributed by atoms with Crippen molar-refractivity contribution >= 4 is 23.2 Å². The fraction of sp³-hybridized carbons (Fsp3) is 0. The lowest BCUT2D eigenvalue weighted by molar-refractivity contribution is 0.102. The molecule has 1 amide bonds. The number of anilines is 1. The van der Waals surface area contributed by atoms with Crippen molar-refractivity contribution in [2.75, 3.05) is 5.32 Å². The van der Waals surface area contributed by atoms with Crippen molar-refractivity contribution in [3.8, 4) is 17.4 Å². The highest BCUT2D eigenvalue weighted by Crippen LogP contribution is 2.22. The molecule has 0 saturated heterocycles. The first-order chi connectivity index (χ1) is 13.7. The van der Waals surface area contributed by atoms with Crippen LogP contribution in [-0.2, 0) is 0 Å². The smallest absolute Gasteiger partial charge is 0.257 e. The van der Waals surface area contributed by atoms with E-state index in [4.69, 9.17) is 16.3 Å². The van der Waals surface area contributed by atoms with E-state index in [0.29, 0.717) is 33.7 Å². The van der Waals surface area contributed by atoms with Crippen molar-refractivity contribution in [2.45, 2.75) is 0 Å². The number of aromatic nitrogens is 4. The number of benzene rings is 2. The Morgan fingerprint density at radius 1 is 1.00 bits per heavy atom.